The third-order valence-electron chi connectivity index (χ3n) is 4.13. The molecule has 0 spiro atoms. The smallest absolute Gasteiger partial charge is 0.273 e. The van der Waals surface area contributed by atoms with Gasteiger partial charge < -0.3 is 19.9 Å². The van der Waals surface area contributed by atoms with Crippen LogP contribution >= 0.6 is 0 Å². The Morgan fingerprint density at radius 2 is 2.08 bits per heavy atom. The first-order valence-electron chi connectivity index (χ1n) is 8.18. The summed E-state index contributed by atoms with van der Waals surface area (Å²) in [6.07, 6.45) is 1.55. The normalized spacial score (nSPS) is 15.3. The molecule has 7 nitrogen and oxygen atoms in total. The lowest BCUT2D eigenvalue weighted by atomic mass is 10.2. The highest BCUT2D eigenvalue weighted by Crippen LogP contribution is 2.31. The average molecular weight is 329 g/mol. The van der Waals surface area contributed by atoms with Crippen LogP contribution in [-0.4, -0.2) is 60.8 Å². The summed E-state index contributed by atoms with van der Waals surface area (Å²) in [5, 5.41) is 9.33. The molecule has 1 aliphatic heterocycles. The second-order valence-corrected chi connectivity index (χ2v) is 5.83. The van der Waals surface area contributed by atoms with Gasteiger partial charge in [-0.15, -0.1) is 0 Å². The van der Waals surface area contributed by atoms with Crippen LogP contribution in [0, 0.1) is 0 Å². The van der Waals surface area contributed by atoms with E-state index in [4.69, 9.17) is 4.74 Å². The topological polar surface area (TPSA) is 73.5 Å². The number of aromatic nitrogens is 2. The highest BCUT2D eigenvalue weighted by atomic mass is 16.5. The third-order valence-corrected chi connectivity index (χ3v) is 4.13. The highest BCUT2D eigenvalue weighted by Gasteiger charge is 2.17. The van der Waals surface area contributed by atoms with Gasteiger partial charge in [-0.2, -0.15) is 5.10 Å². The SMILES string of the molecule is CCOc1cc(N2CCN(C)CC2)ccc1NC(=O)c1ccn[nH]1. The van der Waals surface area contributed by atoms with Gasteiger partial charge in [-0.1, -0.05) is 0 Å². The lowest BCUT2D eigenvalue weighted by Crippen LogP contribution is -2.44. The molecule has 7 heteroatoms. The van der Waals surface area contributed by atoms with Crippen molar-refractivity contribution in [3.63, 3.8) is 0 Å². The van der Waals surface area contributed by atoms with E-state index >= 15 is 0 Å². The fourth-order valence-corrected chi connectivity index (χ4v) is 2.72. The summed E-state index contributed by atoms with van der Waals surface area (Å²) in [6, 6.07) is 7.55. The summed E-state index contributed by atoms with van der Waals surface area (Å²) in [5.74, 6) is 0.447. The number of anilines is 2. The van der Waals surface area contributed by atoms with Crippen molar-refractivity contribution in [1.82, 2.24) is 15.1 Å². The maximum atomic E-state index is 12.2. The number of carbonyl (C=O) groups excluding carboxylic acids is 1. The van der Waals surface area contributed by atoms with Crippen molar-refractivity contribution in [1.29, 1.82) is 0 Å². The van der Waals surface area contributed by atoms with Gasteiger partial charge in [0.1, 0.15) is 11.4 Å². The van der Waals surface area contributed by atoms with Crippen LogP contribution in [0.3, 0.4) is 0 Å². The summed E-state index contributed by atoms with van der Waals surface area (Å²) >= 11 is 0. The van der Waals surface area contributed by atoms with Crippen molar-refractivity contribution in [2.45, 2.75) is 6.92 Å². The lowest BCUT2D eigenvalue weighted by Gasteiger charge is -2.34. The van der Waals surface area contributed by atoms with Crippen LogP contribution in [-0.2, 0) is 0 Å². The number of ether oxygens (including phenoxy) is 1. The van der Waals surface area contributed by atoms with E-state index in [0.29, 0.717) is 23.7 Å². The largest absolute Gasteiger partial charge is 0.492 e. The zero-order chi connectivity index (χ0) is 16.9. The first-order valence-corrected chi connectivity index (χ1v) is 8.18. The Morgan fingerprint density at radius 1 is 1.29 bits per heavy atom. The van der Waals surface area contributed by atoms with Crippen LogP contribution in [0.15, 0.2) is 30.5 Å². The Balaban J connectivity index is 1.78. The first-order chi connectivity index (χ1) is 11.7. The van der Waals surface area contributed by atoms with E-state index < -0.39 is 0 Å². The molecule has 2 heterocycles. The van der Waals surface area contributed by atoms with Gasteiger partial charge in [-0.05, 0) is 32.2 Å². The Kier molecular flexibility index (Phi) is 5.00. The minimum atomic E-state index is -0.235. The summed E-state index contributed by atoms with van der Waals surface area (Å²) in [7, 11) is 2.14. The minimum absolute atomic E-state index is 0.235. The quantitative estimate of drug-likeness (QED) is 0.875. The summed E-state index contributed by atoms with van der Waals surface area (Å²) in [6.45, 7) is 6.54. The molecule has 1 saturated heterocycles. The number of H-pyrrole nitrogens is 1. The molecule has 1 fully saturated rings. The van der Waals surface area contributed by atoms with Crippen LogP contribution in [0.5, 0.6) is 5.75 Å². The van der Waals surface area contributed by atoms with Crippen LogP contribution < -0.4 is 15.0 Å². The fraction of sp³-hybridized carbons (Fsp3) is 0.412. The van der Waals surface area contributed by atoms with Crippen LogP contribution in [0.2, 0.25) is 0 Å². The molecule has 3 rings (SSSR count). The molecule has 0 unspecified atom stereocenters. The number of benzene rings is 1. The molecule has 0 saturated carbocycles. The van der Waals surface area contributed by atoms with Gasteiger partial charge >= 0.3 is 0 Å². The van der Waals surface area contributed by atoms with E-state index in [9.17, 15) is 4.79 Å². The van der Waals surface area contributed by atoms with E-state index in [-0.39, 0.29) is 5.91 Å². The molecule has 24 heavy (non-hydrogen) atoms. The van der Waals surface area contributed by atoms with E-state index in [0.717, 1.165) is 31.9 Å². The van der Waals surface area contributed by atoms with E-state index in [2.05, 4.69) is 32.4 Å². The van der Waals surface area contributed by atoms with Gasteiger partial charge in [0.2, 0.25) is 0 Å². The van der Waals surface area contributed by atoms with Gasteiger partial charge in [0.05, 0.1) is 12.3 Å². The fourth-order valence-electron chi connectivity index (χ4n) is 2.72. The van der Waals surface area contributed by atoms with Crippen molar-refractivity contribution < 1.29 is 9.53 Å². The maximum absolute atomic E-state index is 12.2. The Labute approximate surface area is 141 Å². The Bertz CT molecular complexity index is 678. The molecular formula is C17H23N5O2. The number of amides is 1. The predicted octanol–water partition coefficient (Wildman–Crippen LogP) is 1.81. The molecular weight excluding hydrogens is 306 g/mol. The van der Waals surface area contributed by atoms with Crippen molar-refractivity contribution in [3.8, 4) is 5.75 Å². The van der Waals surface area contributed by atoms with Crippen molar-refractivity contribution in [2.24, 2.45) is 0 Å². The number of likely N-dealkylation sites (N-methyl/N-ethyl adjacent to an activating group) is 1. The van der Waals surface area contributed by atoms with E-state index in [1.54, 1.807) is 12.3 Å². The number of hydrogen-bond acceptors (Lipinski definition) is 5. The number of aromatic amines is 1. The highest BCUT2D eigenvalue weighted by molar-refractivity contribution is 6.03. The summed E-state index contributed by atoms with van der Waals surface area (Å²) < 4.78 is 5.73. The monoisotopic (exact) mass is 329 g/mol. The number of nitrogens with zero attached hydrogens (tertiary/aromatic N) is 3. The van der Waals surface area contributed by atoms with Crippen LogP contribution in [0.25, 0.3) is 0 Å². The zero-order valence-corrected chi connectivity index (χ0v) is 14.1. The molecule has 1 amide bonds. The first kappa shape index (κ1) is 16.3. The molecule has 2 aromatic rings. The number of piperazine rings is 1. The molecule has 0 atom stereocenters. The molecule has 0 radical (unpaired) electrons. The van der Waals surface area contributed by atoms with Crippen molar-refractivity contribution in [3.05, 3.63) is 36.2 Å². The minimum Gasteiger partial charge on any atom is -0.492 e. The van der Waals surface area contributed by atoms with Gasteiger partial charge in [0.15, 0.2) is 0 Å². The maximum Gasteiger partial charge on any atom is 0.273 e. The second kappa shape index (κ2) is 7.35. The van der Waals surface area contributed by atoms with Crippen molar-refractivity contribution in [2.75, 3.05) is 50.1 Å². The molecule has 2 N–H and O–H groups in total. The Hall–Kier alpha value is -2.54. The van der Waals surface area contributed by atoms with Gasteiger partial charge in [0, 0.05) is 44.1 Å². The molecule has 1 aromatic carbocycles. The standard InChI is InChI=1S/C17H23N5O2/c1-3-24-16-12-13(22-10-8-21(2)9-11-22)4-5-14(16)19-17(23)15-6-7-18-20-15/h4-7,12H,3,8-11H2,1-2H3,(H,18,20)(H,19,23). The second-order valence-electron chi connectivity index (χ2n) is 5.83. The average Bonchev–Trinajstić information content (AvgIpc) is 3.12. The van der Waals surface area contributed by atoms with Crippen molar-refractivity contribution >= 4 is 17.3 Å². The molecule has 1 aromatic heterocycles. The molecule has 0 aliphatic carbocycles. The van der Waals surface area contributed by atoms with Crippen LogP contribution in [0.4, 0.5) is 11.4 Å². The molecule has 0 bridgehead atoms. The van der Waals surface area contributed by atoms with Gasteiger partial charge in [0.25, 0.3) is 5.91 Å². The molecule has 1 aliphatic rings. The number of hydrogen-bond donors (Lipinski definition) is 2. The summed E-state index contributed by atoms with van der Waals surface area (Å²) in [5.41, 5.74) is 2.20. The molecule has 128 valence electrons. The summed E-state index contributed by atoms with van der Waals surface area (Å²) in [4.78, 5) is 16.9. The number of rotatable bonds is 5. The predicted molar refractivity (Wildman–Crippen MR) is 93.9 cm³/mol. The van der Waals surface area contributed by atoms with Gasteiger partial charge in [-0.3, -0.25) is 9.89 Å². The zero-order valence-electron chi connectivity index (χ0n) is 14.1. The Morgan fingerprint density at radius 3 is 2.75 bits per heavy atom. The number of carbonyl (C=O) groups is 1. The lowest BCUT2D eigenvalue weighted by molar-refractivity contribution is 0.102. The van der Waals surface area contributed by atoms with Gasteiger partial charge in [-0.25, -0.2) is 0 Å². The number of nitrogens with one attached hydrogen (secondary N) is 2. The third kappa shape index (κ3) is 3.68. The van der Waals surface area contributed by atoms with E-state index in [1.165, 1.54) is 0 Å². The van der Waals surface area contributed by atoms with Crippen LogP contribution in [0.1, 0.15) is 17.4 Å². The van der Waals surface area contributed by atoms with E-state index in [1.807, 2.05) is 25.1 Å².